The maximum absolute atomic E-state index is 12.2. The first-order chi connectivity index (χ1) is 14.9. The topological polar surface area (TPSA) is 84.0 Å². The molecule has 0 aliphatic rings. The SMILES string of the molecule is CNC(=O)c1cccc(NC(=O)CSc2nnc(SCc3ccc(C(C)C)cc3)s2)c1. The van der Waals surface area contributed by atoms with Crippen molar-refractivity contribution in [3.63, 3.8) is 0 Å². The van der Waals surface area contributed by atoms with Gasteiger partial charge in [0.15, 0.2) is 8.68 Å². The molecule has 0 atom stereocenters. The van der Waals surface area contributed by atoms with Crippen LogP contribution in [0.4, 0.5) is 5.69 Å². The molecule has 0 fully saturated rings. The van der Waals surface area contributed by atoms with E-state index in [4.69, 9.17) is 0 Å². The standard InChI is InChI=1S/C22H24N4O2S3/c1-14(2)16-9-7-15(8-10-16)12-29-21-25-26-22(31-21)30-13-19(27)24-18-6-4-5-17(11-18)20(28)23-3/h4-11,14H,12-13H2,1-3H3,(H,23,28)(H,24,27). The van der Waals surface area contributed by atoms with Crippen LogP contribution >= 0.6 is 34.9 Å². The molecule has 3 rings (SSSR count). The minimum atomic E-state index is -0.194. The summed E-state index contributed by atoms with van der Waals surface area (Å²) in [5.74, 6) is 1.23. The fourth-order valence-corrected chi connectivity index (χ4v) is 5.44. The zero-order valence-electron chi connectivity index (χ0n) is 17.5. The summed E-state index contributed by atoms with van der Waals surface area (Å²) in [7, 11) is 1.57. The van der Waals surface area contributed by atoms with Crippen molar-refractivity contribution in [1.29, 1.82) is 0 Å². The van der Waals surface area contributed by atoms with Crippen LogP contribution in [0.3, 0.4) is 0 Å². The lowest BCUT2D eigenvalue weighted by atomic mass is 10.0. The van der Waals surface area contributed by atoms with E-state index in [-0.39, 0.29) is 17.6 Å². The van der Waals surface area contributed by atoms with Crippen LogP contribution in [0.1, 0.15) is 41.3 Å². The third kappa shape index (κ3) is 7.09. The summed E-state index contributed by atoms with van der Waals surface area (Å²) in [4.78, 5) is 24.0. The monoisotopic (exact) mass is 472 g/mol. The number of aromatic nitrogens is 2. The molecule has 0 saturated carbocycles. The quantitative estimate of drug-likeness (QED) is 0.424. The first kappa shape index (κ1) is 23.3. The Morgan fingerprint density at radius 1 is 1.03 bits per heavy atom. The second-order valence-corrected chi connectivity index (χ2v) is 10.4. The molecule has 1 heterocycles. The van der Waals surface area contributed by atoms with E-state index in [1.54, 1.807) is 43.1 Å². The van der Waals surface area contributed by atoms with E-state index < -0.39 is 0 Å². The fourth-order valence-electron chi connectivity index (χ4n) is 2.66. The average Bonchev–Trinajstić information content (AvgIpc) is 3.24. The smallest absolute Gasteiger partial charge is 0.251 e. The predicted molar refractivity (Wildman–Crippen MR) is 129 cm³/mol. The highest BCUT2D eigenvalue weighted by Crippen LogP contribution is 2.31. The van der Waals surface area contributed by atoms with Gasteiger partial charge in [0.05, 0.1) is 5.75 Å². The van der Waals surface area contributed by atoms with Gasteiger partial charge in [0, 0.05) is 24.1 Å². The molecule has 6 nitrogen and oxygen atoms in total. The molecule has 0 aliphatic carbocycles. The van der Waals surface area contributed by atoms with Gasteiger partial charge in [0.25, 0.3) is 5.91 Å². The van der Waals surface area contributed by atoms with Crippen molar-refractivity contribution < 1.29 is 9.59 Å². The van der Waals surface area contributed by atoms with Gasteiger partial charge in [-0.2, -0.15) is 0 Å². The van der Waals surface area contributed by atoms with Gasteiger partial charge >= 0.3 is 0 Å². The summed E-state index contributed by atoms with van der Waals surface area (Å²) in [6.07, 6.45) is 0. The van der Waals surface area contributed by atoms with Crippen molar-refractivity contribution in [2.45, 2.75) is 34.2 Å². The van der Waals surface area contributed by atoms with Crippen LogP contribution in [-0.4, -0.2) is 34.8 Å². The zero-order valence-corrected chi connectivity index (χ0v) is 20.0. The molecule has 1 aromatic heterocycles. The van der Waals surface area contributed by atoms with Gasteiger partial charge in [-0.15, -0.1) is 10.2 Å². The highest BCUT2D eigenvalue weighted by atomic mass is 32.2. The summed E-state index contributed by atoms with van der Waals surface area (Å²) in [5.41, 5.74) is 3.67. The lowest BCUT2D eigenvalue weighted by Gasteiger charge is -2.06. The van der Waals surface area contributed by atoms with Gasteiger partial charge < -0.3 is 10.6 Å². The second-order valence-electron chi connectivity index (χ2n) is 7.02. The molecule has 0 spiro atoms. The van der Waals surface area contributed by atoms with E-state index in [0.717, 1.165) is 14.4 Å². The molecule has 0 unspecified atom stereocenters. The van der Waals surface area contributed by atoms with Crippen LogP contribution in [0.15, 0.2) is 57.2 Å². The second kappa shape index (κ2) is 11.3. The number of hydrogen-bond donors (Lipinski definition) is 2. The summed E-state index contributed by atoms with van der Waals surface area (Å²) in [6.45, 7) is 4.37. The Bertz CT molecular complexity index is 1040. The summed E-state index contributed by atoms with van der Waals surface area (Å²) in [6, 6.07) is 15.5. The van der Waals surface area contributed by atoms with E-state index in [2.05, 4.69) is 58.9 Å². The number of benzene rings is 2. The van der Waals surface area contributed by atoms with Crippen molar-refractivity contribution in [1.82, 2.24) is 15.5 Å². The molecule has 2 N–H and O–H groups in total. The number of nitrogens with zero attached hydrogens (tertiary/aromatic N) is 2. The summed E-state index contributed by atoms with van der Waals surface area (Å²) in [5, 5.41) is 13.8. The molecule has 0 aliphatic heterocycles. The summed E-state index contributed by atoms with van der Waals surface area (Å²) >= 11 is 4.48. The third-order valence-corrected chi connectivity index (χ3v) is 7.62. The van der Waals surface area contributed by atoms with Gasteiger partial charge in [-0.1, -0.05) is 79.0 Å². The normalized spacial score (nSPS) is 10.8. The lowest BCUT2D eigenvalue weighted by Crippen LogP contribution is -2.18. The molecule has 3 aromatic rings. The number of hydrogen-bond acceptors (Lipinski definition) is 7. The minimum absolute atomic E-state index is 0.159. The molecule has 0 radical (unpaired) electrons. The molecule has 2 aromatic carbocycles. The molecular formula is C22H24N4O2S3. The average molecular weight is 473 g/mol. The van der Waals surface area contributed by atoms with Crippen LogP contribution in [0.2, 0.25) is 0 Å². The molecule has 31 heavy (non-hydrogen) atoms. The lowest BCUT2D eigenvalue weighted by molar-refractivity contribution is -0.113. The van der Waals surface area contributed by atoms with Gasteiger partial charge in [-0.25, -0.2) is 0 Å². The molecule has 0 saturated heterocycles. The Morgan fingerprint density at radius 2 is 1.74 bits per heavy atom. The van der Waals surface area contributed by atoms with Gasteiger partial charge in [-0.05, 0) is 35.2 Å². The maximum atomic E-state index is 12.2. The highest BCUT2D eigenvalue weighted by Gasteiger charge is 2.11. The Morgan fingerprint density at radius 3 is 2.42 bits per heavy atom. The van der Waals surface area contributed by atoms with Crippen LogP contribution in [0.25, 0.3) is 0 Å². The van der Waals surface area contributed by atoms with Crippen LogP contribution < -0.4 is 10.6 Å². The third-order valence-electron chi connectivity index (χ3n) is 4.36. The molecule has 0 bridgehead atoms. The largest absolute Gasteiger partial charge is 0.355 e. The first-order valence-corrected chi connectivity index (χ1v) is 12.5. The fraction of sp³-hybridized carbons (Fsp3) is 0.273. The van der Waals surface area contributed by atoms with Crippen LogP contribution in [0.5, 0.6) is 0 Å². The van der Waals surface area contributed by atoms with Gasteiger partial charge in [0.1, 0.15) is 0 Å². The Labute approximate surface area is 194 Å². The van der Waals surface area contributed by atoms with Crippen molar-refractivity contribution in [2.24, 2.45) is 0 Å². The first-order valence-electron chi connectivity index (χ1n) is 9.74. The number of thioether (sulfide) groups is 2. The number of rotatable bonds is 9. The molecule has 9 heteroatoms. The van der Waals surface area contributed by atoms with Crippen LogP contribution in [-0.2, 0) is 10.5 Å². The maximum Gasteiger partial charge on any atom is 0.251 e. The van der Waals surface area contributed by atoms with Crippen molar-refractivity contribution in [3.8, 4) is 0 Å². The molecular weight excluding hydrogens is 448 g/mol. The Balaban J connectivity index is 1.46. The number of carbonyl (C=O) groups is 2. The zero-order chi connectivity index (χ0) is 22.2. The van der Waals surface area contributed by atoms with E-state index in [0.29, 0.717) is 17.2 Å². The van der Waals surface area contributed by atoms with E-state index in [1.165, 1.54) is 34.2 Å². The molecule has 2 amide bonds. The van der Waals surface area contributed by atoms with E-state index in [1.807, 2.05) is 0 Å². The van der Waals surface area contributed by atoms with E-state index >= 15 is 0 Å². The van der Waals surface area contributed by atoms with Crippen molar-refractivity contribution in [2.75, 3.05) is 18.1 Å². The van der Waals surface area contributed by atoms with Gasteiger partial charge in [-0.3, -0.25) is 9.59 Å². The number of nitrogens with one attached hydrogen (secondary N) is 2. The number of anilines is 1. The number of carbonyl (C=O) groups excluding carboxylic acids is 2. The Hall–Kier alpha value is -2.36. The molecule has 162 valence electrons. The highest BCUT2D eigenvalue weighted by molar-refractivity contribution is 8.03. The number of amides is 2. The van der Waals surface area contributed by atoms with Gasteiger partial charge in [0.2, 0.25) is 5.91 Å². The van der Waals surface area contributed by atoms with Crippen molar-refractivity contribution in [3.05, 3.63) is 65.2 Å². The van der Waals surface area contributed by atoms with E-state index in [9.17, 15) is 9.59 Å². The summed E-state index contributed by atoms with van der Waals surface area (Å²) < 4.78 is 1.64. The van der Waals surface area contributed by atoms with Crippen molar-refractivity contribution >= 4 is 52.4 Å². The van der Waals surface area contributed by atoms with Crippen LogP contribution in [0, 0.1) is 0 Å². The minimum Gasteiger partial charge on any atom is -0.355 e. The Kier molecular flexibility index (Phi) is 8.51. The predicted octanol–water partition coefficient (Wildman–Crippen LogP) is 5.04.